The van der Waals surface area contributed by atoms with Crippen LogP contribution in [0.25, 0.3) is 0 Å². The lowest BCUT2D eigenvalue weighted by Gasteiger charge is -2.29. The molecule has 0 aliphatic heterocycles. The average molecular weight is 274 g/mol. The lowest BCUT2D eigenvalue weighted by atomic mass is 10.0. The first-order chi connectivity index (χ1) is 9.15. The Bertz CT molecular complexity index is 507. The first kappa shape index (κ1) is 14.1. The Balaban J connectivity index is 2.31. The van der Waals surface area contributed by atoms with Crippen LogP contribution in [0.15, 0.2) is 41.8 Å². The van der Waals surface area contributed by atoms with E-state index >= 15 is 0 Å². The molecule has 0 aliphatic carbocycles. The van der Waals surface area contributed by atoms with Crippen LogP contribution in [0.3, 0.4) is 0 Å². The van der Waals surface area contributed by atoms with Gasteiger partial charge in [0.1, 0.15) is 0 Å². The Morgan fingerprint density at radius 1 is 1.21 bits per heavy atom. The van der Waals surface area contributed by atoms with E-state index in [2.05, 4.69) is 67.6 Å². The maximum atomic E-state index is 6.23. The largest absolute Gasteiger partial charge is 0.367 e. The molecule has 0 amide bonds. The van der Waals surface area contributed by atoms with Crippen molar-refractivity contribution in [1.82, 2.24) is 0 Å². The molecule has 19 heavy (non-hydrogen) atoms. The molecule has 0 radical (unpaired) electrons. The standard InChI is InChI=1S/C16H22N2S/c1-4-14(17)13-8-5-6-9-15(13)18(3)12(2)16-10-7-11-19-16/h5-12,14H,4,17H2,1-3H3. The van der Waals surface area contributed by atoms with Crippen molar-refractivity contribution in [2.24, 2.45) is 5.73 Å². The molecular formula is C16H22N2S. The second-order valence-corrected chi connectivity index (χ2v) is 5.86. The quantitative estimate of drug-likeness (QED) is 0.878. The summed E-state index contributed by atoms with van der Waals surface area (Å²) in [5.41, 5.74) is 8.69. The number of hydrogen-bond acceptors (Lipinski definition) is 3. The number of anilines is 1. The van der Waals surface area contributed by atoms with E-state index in [9.17, 15) is 0 Å². The lowest BCUT2D eigenvalue weighted by Crippen LogP contribution is -2.24. The van der Waals surface area contributed by atoms with E-state index < -0.39 is 0 Å². The summed E-state index contributed by atoms with van der Waals surface area (Å²) in [5, 5.41) is 2.13. The SMILES string of the molecule is CCC(N)c1ccccc1N(C)C(C)c1cccs1. The second-order valence-electron chi connectivity index (χ2n) is 4.88. The number of para-hydroxylation sites is 1. The van der Waals surface area contributed by atoms with Crippen molar-refractivity contribution in [3.8, 4) is 0 Å². The van der Waals surface area contributed by atoms with Crippen LogP contribution in [-0.2, 0) is 0 Å². The molecule has 2 rings (SSSR count). The fraction of sp³-hybridized carbons (Fsp3) is 0.375. The van der Waals surface area contributed by atoms with Crippen molar-refractivity contribution in [2.75, 3.05) is 11.9 Å². The predicted molar refractivity (Wildman–Crippen MR) is 84.8 cm³/mol. The van der Waals surface area contributed by atoms with Crippen LogP contribution in [0.1, 0.15) is 42.8 Å². The summed E-state index contributed by atoms with van der Waals surface area (Å²) in [6.07, 6.45) is 0.957. The molecule has 0 spiro atoms. The van der Waals surface area contributed by atoms with Gasteiger partial charge in [0.05, 0.1) is 6.04 Å². The van der Waals surface area contributed by atoms with Crippen molar-refractivity contribution >= 4 is 17.0 Å². The first-order valence-corrected chi connectivity index (χ1v) is 7.63. The zero-order valence-corrected chi connectivity index (χ0v) is 12.7. The van der Waals surface area contributed by atoms with Crippen molar-refractivity contribution < 1.29 is 0 Å². The number of nitrogens with two attached hydrogens (primary N) is 1. The Morgan fingerprint density at radius 3 is 2.58 bits per heavy atom. The highest BCUT2D eigenvalue weighted by molar-refractivity contribution is 7.10. The van der Waals surface area contributed by atoms with E-state index in [0.29, 0.717) is 6.04 Å². The molecule has 2 unspecified atom stereocenters. The Hall–Kier alpha value is -1.32. The molecule has 0 saturated heterocycles. The van der Waals surface area contributed by atoms with Gasteiger partial charge in [-0.1, -0.05) is 31.2 Å². The normalized spacial score (nSPS) is 14.1. The first-order valence-electron chi connectivity index (χ1n) is 6.75. The molecule has 2 nitrogen and oxygen atoms in total. The van der Waals surface area contributed by atoms with E-state index in [1.807, 2.05) is 0 Å². The molecule has 0 fully saturated rings. The second kappa shape index (κ2) is 6.22. The van der Waals surface area contributed by atoms with E-state index in [-0.39, 0.29) is 6.04 Å². The Kier molecular flexibility index (Phi) is 4.61. The van der Waals surface area contributed by atoms with Crippen LogP contribution in [0.5, 0.6) is 0 Å². The summed E-state index contributed by atoms with van der Waals surface area (Å²) < 4.78 is 0. The highest BCUT2D eigenvalue weighted by Gasteiger charge is 2.17. The molecule has 3 heteroatoms. The van der Waals surface area contributed by atoms with Gasteiger partial charge in [0.25, 0.3) is 0 Å². The molecule has 0 bridgehead atoms. The fourth-order valence-corrected chi connectivity index (χ4v) is 3.10. The minimum absolute atomic E-state index is 0.106. The van der Waals surface area contributed by atoms with Crippen LogP contribution in [0.4, 0.5) is 5.69 Å². The van der Waals surface area contributed by atoms with E-state index in [1.165, 1.54) is 16.1 Å². The van der Waals surface area contributed by atoms with Gasteiger partial charge in [0.15, 0.2) is 0 Å². The molecule has 2 N–H and O–H groups in total. The summed E-state index contributed by atoms with van der Waals surface area (Å²) in [6.45, 7) is 4.37. The topological polar surface area (TPSA) is 29.3 Å². The Labute approximate surface area is 119 Å². The van der Waals surface area contributed by atoms with Gasteiger partial charge >= 0.3 is 0 Å². The van der Waals surface area contributed by atoms with Gasteiger partial charge in [-0.15, -0.1) is 11.3 Å². The third-order valence-electron chi connectivity index (χ3n) is 3.69. The zero-order chi connectivity index (χ0) is 13.8. The number of benzene rings is 1. The van der Waals surface area contributed by atoms with Crippen molar-refractivity contribution in [3.05, 3.63) is 52.2 Å². The van der Waals surface area contributed by atoms with Crippen LogP contribution in [0.2, 0.25) is 0 Å². The third-order valence-corrected chi connectivity index (χ3v) is 4.73. The summed E-state index contributed by atoms with van der Waals surface area (Å²) >= 11 is 1.80. The smallest absolute Gasteiger partial charge is 0.0603 e. The summed E-state index contributed by atoms with van der Waals surface area (Å²) in [6, 6.07) is 13.2. The molecule has 1 heterocycles. The van der Waals surface area contributed by atoms with Crippen molar-refractivity contribution in [3.63, 3.8) is 0 Å². The van der Waals surface area contributed by atoms with Crippen LogP contribution < -0.4 is 10.6 Å². The zero-order valence-electron chi connectivity index (χ0n) is 11.8. The molecular weight excluding hydrogens is 252 g/mol. The minimum Gasteiger partial charge on any atom is -0.367 e. The minimum atomic E-state index is 0.106. The average Bonchev–Trinajstić information content (AvgIpc) is 2.99. The molecule has 0 aliphatic rings. The number of hydrogen-bond donors (Lipinski definition) is 1. The molecule has 102 valence electrons. The summed E-state index contributed by atoms with van der Waals surface area (Å²) in [5.74, 6) is 0. The predicted octanol–water partition coefficient (Wildman–Crippen LogP) is 4.36. The summed E-state index contributed by atoms with van der Waals surface area (Å²) in [7, 11) is 2.14. The maximum Gasteiger partial charge on any atom is 0.0603 e. The molecule has 1 aromatic heterocycles. The third kappa shape index (κ3) is 2.99. The van der Waals surface area contributed by atoms with Crippen molar-refractivity contribution in [1.29, 1.82) is 0 Å². The lowest BCUT2D eigenvalue weighted by molar-refractivity contribution is 0.682. The van der Waals surface area contributed by atoms with Gasteiger partial charge < -0.3 is 10.6 Å². The van der Waals surface area contributed by atoms with Crippen LogP contribution in [0, 0.1) is 0 Å². The maximum absolute atomic E-state index is 6.23. The number of rotatable bonds is 5. The molecule has 2 aromatic rings. The highest BCUT2D eigenvalue weighted by atomic mass is 32.1. The van der Waals surface area contributed by atoms with E-state index in [4.69, 9.17) is 5.73 Å². The van der Waals surface area contributed by atoms with Gasteiger partial charge in [-0.05, 0) is 36.4 Å². The molecule has 1 aromatic carbocycles. The van der Waals surface area contributed by atoms with Gasteiger partial charge in [0, 0.05) is 23.7 Å². The molecule has 0 saturated carbocycles. The van der Waals surface area contributed by atoms with Crippen LogP contribution >= 0.6 is 11.3 Å². The Morgan fingerprint density at radius 2 is 1.95 bits per heavy atom. The van der Waals surface area contributed by atoms with Gasteiger partial charge in [-0.3, -0.25) is 0 Å². The number of nitrogens with zero attached hydrogens (tertiary/aromatic N) is 1. The number of thiophene rings is 1. The fourth-order valence-electron chi connectivity index (χ4n) is 2.27. The highest BCUT2D eigenvalue weighted by Crippen LogP contribution is 2.32. The van der Waals surface area contributed by atoms with E-state index in [0.717, 1.165) is 6.42 Å². The van der Waals surface area contributed by atoms with Gasteiger partial charge in [-0.25, -0.2) is 0 Å². The monoisotopic (exact) mass is 274 g/mol. The van der Waals surface area contributed by atoms with Gasteiger partial charge in [0.2, 0.25) is 0 Å². The van der Waals surface area contributed by atoms with Crippen LogP contribution in [-0.4, -0.2) is 7.05 Å². The van der Waals surface area contributed by atoms with Crippen molar-refractivity contribution in [2.45, 2.75) is 32.4 Å². The van der Waals surface area contributed by atoms with E-state index in [1.54, 1.807) is 11.3 Å². The van der Waals surface area contributed by atoms with Gasteiger partial charge in [-0.2, -0.15) is 0 Å². The summed E-state index contributed by atoms with van der Waals surface area (Å²) in [4.78, 5) is 3.69. The molecule has 2 atom stereocenters.